The van der Waals surface area contributed by atoms with Crippen molar-refractivity contribution in [3.8, 4) is 11.3 Å². The van der Waals surface area contributed by atoms with Crippen LogP contribution in [0.4, 0.5) is 21.6 Å². The molecule has 0 radical (unpaired) electrons. The summed E-state index contributed by atoms with van der Waals surface area (Å²) < 4.78 is 22.5. The first-order valence-electron chi connectivity index (χ1n) is 19.9. The van der Waals surface area contributed by atoms with Gasteiger partial charge in [0, 0.05) is 48.7 Å². The number of ether oxygens (including phenoxy) is 1. The molecule has 1 saturated carbocycles. The van der Waals surface area contributed by atoms with Crippen molar-refractivity contribution < 1.29 is 18.7 Å². The third-order valence-electron chi connectivity index (χ3n) is 13.3. The number of likely N-dealkylation sites (tertiary alicyclic amines) is 2. The number of aromatic nitrogens is 4. The number of anilines is 3. The van der Waals surface area contributed by atoms with Gasteiger partial charge in [0.15, 0.2) is 11.6 Å². The molecule has 0 atom stereocenters. The second-order valence-electron chi connectivity index (χ2n) is 16.9. The number of imidazole rings is 1. The minimum atomic E-state index is -0.680. The van der Waals surface area contributed by atoms with Crippen LogP contribution >= 0.6 is 0 Å². The zero-order chi connectivity index (χ0) is 37.4. The molecule has 3 saturated heterocycles. The van der Waals surface area contributed by atoms with Crippen LogP contribution in [0, 0.1) is 17.2 Å². The van der Waals surface area contributed by atoms with E-state index in [1.165, 1.54) is 25.5 Å². The van der Waals surface area contributed by atoms with Crippen LogP contribution in [0.5, 0.6) is 0 Å². The Kier molecular flexibility index (Phi) is 8.76. The lowest BCUT2D eigenvalue weighted by Crippen LogP contribution is -2.61. The van der Waals surface area contributed by atoms with Crippen LogP contribution in [0.1, 0.15) is 84.2 Å². The maximum absolute atomic E-state index is 15.0. The van der Waals surface area contributed by atoms with Crippen LogP contribution in [0.25, 0.3) is 22.3 Å². The molecular formula is C42H51FN8O3. The van der Waals surface area contributed by atoms with Gasteiger partial charge in [-0.25, -0.2) is 14.4 Å². The largest absolute Gasteiger partial charge is 0.379 e. The Balaban J connectivity index is 1.08. The van der Waals surface area contributed by atoms with Gasteiger partial charge in [0.1, 0.15) is 5.52 Å². The molecule has 11 nitrogen and oxygen atoms in total. The normalized spacial score (nSPS) is 23.6. The minimum absolute atomic E-state index is 0.108. The summed E-state index contributed by atoms with van der Waals surface area (Å²) in [7, 11) is 0. The van der Waals surface area contributed by atoms with Crippen LogP contribution < -0.4 is 10.2 Å². The number of nitrogens with one attached hydrogen (secondary N) is 1. The molecule has 2 amide bonds. The third kappa shape index (κ3) is 5.53. The van der Waals surface area contributed by atoms with Gasteiger partial charge in [0.2, 0.25) is 11.8 Å². The van der Waals surface area contributed by atoms with Crippen molar-refractivity contribution in [2.45, 2.75) is 96.2 Å². The zero-order valence-electron chi connectivity index (χ0n) is 31.9. The van der Waals surface area contributed by atoms with Crippen LogP contribution in [-0.2, 0) is 19.7 Å². The summed E-state index contributed by atoms with van der Waals surface area (Å²) in [5.41, 5.74) is 4.23. The number of hydrogen-bond acceptors (Lipinski definition) is 8. The van der Waals surface area contributed by atoms with Crippen molar-refractivity contribution in [1.82, 2.24) is 29.3 Å². The summed E-state index contributed by atoms with van der Waals surface area (Å²) >= 11 is 0. The van der Waals surface area contributed by atoms with Crippen LogP contribution in [0.3, 0.4) is 0 Å². The molecule has 3 aromatic heterocycles. The number of hydrogen-bond donors (Lipinski definition) is 1. The summed E-state index contributed by atoms with van der Waals surface area (Å²) in [6.45, 7) is 12.7. The number of amides is 2. The van der Waals surface area contributed by atoms with Gasteiger partial charge in [-0.2, -0.15) is 0 Å². The fraction of sp³-hybridized carbons (Fsp3) is 0.548. The standard InChI is InChI=1S/C42H51FN8O3/c1-26(2)42(23-54-24-42)39(52)49-16-11-41(12-17-49)31-9-8-28(18-36(31)51(40(41)53)30-19-29(20-30)48-14-6-5-7-15-48)34-21-35-37(50(25-45-35)27(3)4)38(47-34)46-33-10-13-44-22-32(33)43/h8-10,13,18,21-22,25-27,29-30H,5-7,11-12,14-17,19-20,23-24H2,1-4H3,(H,44,46,47)/t29-,30+. The average Bonchev–Trinajstić information content (AvgIpc) is 3.66. The van der Waals surface area contributed by atoms with E-state index >= 15 is 0 Å². The molecule has 5 aliphatic rings. The first kappa shape index (κ1) is 35.3. The Hall–Kier alpha value is -4.42. The van der Waals surface area contributed by atoms with Gasteiger partial charge in [-0.3, -0.25) is 14.6 Å². The van der Waals surface area contributed by atoms with Crippen molar-refractivity contribution in [3.63, 3.8) is 0 Å². The van der Waals surface area contributed by atoms with E-state index in [1.54, 1.807) is 18.6 Å². The van der Waals surface area contributed by atoms with E-state index in [4.69, 9.17) is 14.7 Å². The Morgan fingerprint density at radius 3 is 2.41 bits per heavy atom. The van der Waals surface area contributed by atoms with E-state index in [0.29, 0.717) is 56.7 Å². The Morgan fingerprint density at radius 1 is 0.981 bits per heavy atom. The molecule has 1 aromatic carbocycles. The zero-order valence-corrected chi connectivity index (χ0v) is 31.9. The summed E-state index contributed by atoms with van der Waals surface area (Å²) in [4.78, 5) is 49.4. The summed E-state index contributed by atoms with van der Waals surface area (Å²) in [6.07, 6.45) is 11.5. The molecule has 0 bridgehead atoms. The quantitative estimate of drug-likeness (QED) is 0.210. The first-order chi connectivity index (χ1) is 26.1. The summed E-state index contributed by atoms with van der Waals surface area (Å²) in [5, 5.41) is 3.24. The van der Waals surface area contributed by atoms with Crippen molar-refractivity contribution in [1.29, 1.82) is 0 Å². The molecule has 0 unspecified atom stereocenters. The Labute approximate surface area is 316 Å². The van der Waals surface area contributed by atoms with Crippen LogP contribution in [0.2, 0.25) is 0 Å². The van der Waals surface area contributed by atoms with Crippen molar-refractivity contribution >= 4 is 40.0 Å². The highest BCUT2D eigenvalue weighted by Gasteiger charge is 2.57. The predicted molar refractivity (Wildman–Crippen MR) is 206 cm³/mol. The van der Waals surface area contributed by atoms with E-state index in [-0.39, 0.29) is 35.5 Å². The highest BCUT2D eigenvalue weighted by atomic mass is 19.1. The molecule has 4 aliphatic heterocycles. The summed E-state index contributed by atoms with van der Waals surface area (Å²) in [6, 6.07) is 10.6. The lowest BCUT2D eigenvalue weighted by molar-refractivity contribution is -0.184. The van der Waals surface area contributed by atoms with E-state index in [1.807, 2.05) is 15.5 Å². The molecule has 1 N–H and O–H groups in total. The molecule has 54 heavy (non-hydrogen) atoms. The van der Waals surface area contributed by atoms with Gasteiger partial charge in [-0.15, -0.1) is 0 Å². The van der Waals surface area contributed by atoms with E-state index in [9.17, 15) is 14.0 Å². The molecule has 12 heteroatoms. The van der Waals surface area contributed by atoms with E-state index < -0.39 is 16.6 Å². The van der Waals surface area contributed by atoms with Gasteiger partial charge >= 0.3 is 0 Å². The summed E-state index contributed by atoms with van der Waals surface area (Å²) in [5.74, 6) is 0.554. The minimum Gasteiger partial charge on any atom is -0.379 e. The molecule has 1 spiro atoms. The number of nitrogens with zero attached hydrogens (tertiary/aromatic N) is 7. The number of carbonyl (C=O) groups is 2. The number of benzene rings is 1. The first-order valence-corrected chi connectivity index (χ1v) is 19.9. The lowest BCUT2D eigenvalue weighted by Gasteiger charge is -2.49. The molecule has 4 fully saturated rings. The molecule has 284 valence electrons. The highest BCUT2D eigenvalue weighted by Crippen LogP contribution is 2.53. The fourth-order valence-electron chi connectivity index (χ4n) is 9.67. The fourth-order valence-corrected chi connectivity index (χ4v) is 9.67. The van der Waals surface area contributed by atoms with E-state index in [0.717, 1.165) is 53.8 Å². The number of fused-ring (bicyclic) bond motifs is 3. The maximum Gasteiger partial charge on any atom is 0.238 e. The topological polar surface area (TPSA) is 109 Å². The van der Waals surface area contributed by atoms with Crippen molar-refractivity contribution in [3.05, 3.63) is 60.4 Å². The van der Waals surface area contributed by atoms with Crippen molar-refractivity contribution in [2.75, 3.05) is 49.6 Å². The molecule has 7 heterocycles. The second-order valence-corrected chi connectivity index (χ2v) is 16.9. The molecular weight excluding hydrogens is 684 g/mol. The second kappa shape index (κ2) is 13.4. The third-order valence-corrected chi connectivity index (χ3v) is 13.3. The van der Waals surface area contributed by atoms with Crippen LogP contribution in [-0.4, -0.2) is 92.6 Å². The monoisotopic (exact) mass is 734 g/mol. The number of pyridine rings is 2. The van der Waals surface area contributed by atoms with Gasteiger partial charge in [0.25, 0.3) is 0 Å². The number of halogens is 1. The Bertz CT molecular complexity index is 2090. The molecule has 9 rings (SSSR count). The highest BCUT2D eigenvalue weighted by molar-refractivity contribution is 6.09. The number of carbonyl (C=O) groups excluding carboxylic acids is 2. The SMILES string of the molecule is CC(C)n1cnc2cc(-c3ccc4c(c3)N([C@H]3C[C@@H](N5CCCCC5)C3)C(=O)C43CCN(C(=O)C4(C(C)C)COC4)CC3)nc(Nc3ccncc3F)c21. The van der Waals surface area contributed by atoms with Crippen molar-refractivity contribution in [2.24, 2.45) is 11.3 Å². The number of piperidine rings is 2. The van der Waals surface area contributed by atoms with E-state index in [2.05, 4.69) is 66.0 Å². The van der Waals surface area contributed by atoms with Gasteiger partial charge in [0.05, 0.1) is 53.5 Å². The van der Waals surface area contributed by atoms with Gasteiger partial charge < -0.3 is 29.3 Å². The van der Waals surface area contributed by atoms with Crippen LogP contribution in [0.15, 0.2) is 49.1 Å². The maximum atomic E-state index is 15.0. The predicted octanol–water partition coefficient (Wildman–Crippen LogP) is 6.85. The van der Waals surface area contributed by atoms with Gasteiger partial charge in [-0.05, 0) is 95.1 Å². The molecule has 1 aliphatic carbocycles. The lowest BCUT2D eigenvalue weighted by atomic mass is 9.71. The average molecular weight is 735 g/mol. The molecule has 4 aromatic rings. The Morgan fingerprint density at radius 2 is 1.74 bits per heavy atom. The number of rotatable bonds is 8. The smallest absolute Gasteiger partial charge is 0.238 e. The van der Waals surface area contributed by atoms with Gasteiger partial charge in [-0.1, -0.05) is 32.4 Å².